The van der Waals surface area contributed by atoms with Gasteiger partial charge in [-0.3, -0.25) is 37.3 Å². The fourth-order valence-corrected chi connectivity index (χ4v) is 14.4. The Bertz CT molecular complexity index is 1960. The Morgan fingerprint density at radius 2 is 0.500 bits per heavy atom. The average molecular weight is 1490 g/mol. The van der Waals surface area contributed by atoms with Crippen LogP contribution in [-0.4, -0.2) is 96.7 Å². The highest BCUT2D eigenvalue weighted by molar-refractivity contribution is 7.47. The quantitative estimate of drug-likeness (QED) is 0.0222. The first-order valence-electron chi connectivity index (χ1n) is 43.0. The van der Waals surface area contributed by atoms with Gasteiger partial charge in [-0.1, -0.05) is 388 Å². The Morgan fingerprint density at radius 1 is 0.284 bits per heavy atom. The van der Waals surface area contributed by atoms with Crippen molar-refractivity contribution < 1.29 is 80.2 Å². The summed E-state index contributed by atoms with van der Waals surface area (Å²) < 4.78 is 68.8. The van der Waals surface area contributed by atoms with Gasteiger partial charge in [-0.25, -0.2) is 9.13 Å². The predicted octanol–water partition coefficient (Wildman–Crippen LogP) is 25.1. The maximum absolute atomic E-state index is 13.1. The molecule has 0 aliphatic carbocycles. The van der Waals surface area contributed by atoms with Gasteiger partial charge in [0.1, 0.15) is 19.3 Å². The van der Waals surface area contributed by atoms with E-state index in [1.54, 1.807) is 0 Å². The summed E-state index contributed by atoms with van der Waals surface area (Å²) in [6.45, 7) is 9.64. The van der Waals surface area contributed by atoms with Crippen molar-refractivity contribution in [2.45, 2.75) is 458 Å². The molecular formula is C83H162O17P2. The topological polar surface area (TPSA) is 237 Å². The van der Waals surface area contributed by atoms with E-state index in [2.05, 4.69) is 41.5 Å². The maximum atomic E-state index is 13.1. The molecule has 0 amide bonds. The van der Waals surface area contributed by atoms with E-state index in [0.29, 0.717) is 25.7 Å². The maximum Gasteiger partial charge on any atom is 0.472 e. The largest absolute Gasteiger partial charge is 0.472 e. The number of hydrogen-bond acceptors (Lipinski definition) is 15. The summed E-state index contributed by atoms with van der Waals surface area (Å²) in [6, 6.07) is 0. The van der Waals surface area contributed by atoms with Gasteiger partial charge >= 0.3 is 39.5 Å². The second-order valence-corrected chi connectivity index (χ2v) is 33.5. The monoisotopic (exact) mass is 1490 g/mol. The third-order valence-corrected chi connectivity index (χ3v) is 21.7. The van der Waals surface area contributed by atoms with E-state index in [1.807, 2.05) is 0 Å². The predicted molar refractivity (Wildman–Crippen MR) is 418 cm³/mol. The number of hydrogen-bond donors (Lipinski definition) is 3. The van der Waals surface area contributed by atoms with Crippen molar-refractivity contribution >= 4 is 39.5 Å². The molecule has 0 saturated carbocycles. The lowest BCUT2D eigenvalue weighted by atomic mass is 9.99. The fraction of sp³-hybridized carbons (Fsp3) is 0.952. The van der Waals surface area contributed by atoms with Crippen molar-refractivity contribution in [2.24, 2.45) is 11.8 Å². The molecule has 102 heavy (non-hydrogen) atoms. The molecule has 0 aromatic rings. The van der Waals surface area contributed by atoms with E-state index in [4.69, 9.17) is 37.0 Å². The molecule has 0 radical (unpaired) electrons. The van der Waals surface area contributed by atoms with Crippen LogP contribution in [0, 0.1) is 11.8 Å². The van der Waals surface area contributed by atoms with Crippen LogP contribution in [0.15, 0.2) is 0 Å². The smallest absolute Gasteiger partial charge is 0.462 e. The Labute approximate surface area is 626 Å². The van der Waals surface area contributed by atoms with Gasteiger partial charge in [0.25, 0.3) is 0 Å². The zero-order chi connectivity index (χ0) is 74.9. The van der Waals surface area contributed by atoms with Gasteiger partial charge in [0, 0.05) is 25.7 Å². The summed E-state index contributed by atoms with van der Waals surface area (Å²) in [5.41, 5.74) is 0. The molecule has 0 aromatic heterocycles. The van der Waals surface area contributed by atoms with Gasteiger partial charge < -0.3 is 33.8 Å². The second kappa shape index (κ2) is 74.5. The minimum absolute atomic E-state index is 0.106. The number of unbranched alkanes of at least 4 members (excludes halogenated alkanes) is 51. The minimum Gasteiger partial charge on any atom is -0.462 e. The molecule has 0 aromatic carbocycles. The molecule has 19 heteroatoms. The number of carbonyl (C=O) groups is 4. The van der Waals surface area contributed by atoms with Crippen molar-refractivity contribution in [3.63, 3.8) is 0 Å². The highest BCUT2D eigenvalue weighted by Crippen LogP contribution is 2.45. The number of rotatable bonds is 82. The highest BCUT2D eigenvalue weighted by atomic mass is 31.2. The first-order valence-corrected chi connectivity index (χ1v) is 46.0. The summed E-state index contributed by atoms with van der Waals surface area (Å²) in [5, 5.41) is 10.7. The fourth-order valence-electron chi connectivity index (χ4n) is 12.9. The van der Waals surface area contributed by atoms with Gasteiger partial charge in [-0.15, -0.1) is 0 Å². The van der Waals surface area contributed by atoms with Crippen LogP contribution in [0.4, 0.5) is 0 Å². The third-order valence-electron chi connectivity index (χ3n) is 19.8. The number of phosphoric acid groups is 2. The lowest BCUT2D eigenvalue weighted by Crippen LogP contribution is -2.30. The van der Waals surface area contributed by atoms with E-state index in [-0.39, 0.29) is 25.7 Å². The van der Waals surface area contributed by atoms with Crippen LogP contribution in [0.5, 0.6) is 0 Å². The van der Waals surface area contributed by atoms with Gasteiger partial charge in [0.05, 0.1) is 26.4 Å². The molecule has 6 atom stereocenters. The number of esters is 4. The first-order chi connectivity index (χ1) is 49.4. The van der Waals surface area contributed by atoms with Crippen LogP contribution in [0.25, 0.3) is 0 Å². The normalized spacial score (nSPS) is 14.1. The van der Waals surface area contributed by atoms with Crippen LogP contribution in [0.1, 0.15) is 440 Å². The molecule has 17 nitrogen and oxygen atoms in total. The zero-order valence-electron chi connectivity index (χ0n) is 66.9. The Hall–Kier alpha value is -1.94. The van der Waals surface area contributed by atoms with Crippen LogP contribution in [-0.2, 0) is 65.4 Å². The van der Waals surface area contributed by atoms with Crippen molar-refractivity contribution in [2.75, 3.05) is 39.6 Å². The molecule has 0 bridgehead atoms. The SMILES string of the molecule is CCCCCCCCCCCCCCCCCCCCCC(=O)O[C@H](COC(=O)CCCCCCCCCCCCCCCCCCCC)COP(=O)(O)OC[C@@H](O)COP(=O)(O)OC[C@@H](COC(=O)CCCCCCCCCCC(C)C)OC(=O)CCCCCCCCCCCCC(C)CC. The highest BCUT2D eigenvalue weighted by Gasteiger charge is 2.30. The molecule has 0 fully saturated rings. The Kier molecular flexibility index (Phi) is 73.1. The molecular weight excluding hydrogens is 1330 g/mol. The van der Waals surface area contributed by atoms with E-state index >= 15 is 0 Å². The van der Waals surface area contributed by atoms with Crippen molar-refractivity contribution in [3.8, 4) is 0 Å². The number of ether oxygens (including phenoxy) is 4. The Balaban J connectivity index is 5.25. The summed E-state index contributed by atoms with van der Waals surface area (Å²) in [5.74, 6) is -0.577. The molecule has 0 spiro atoms. The molecule has 3 N–H and O–H groups in total. The van der Waals surface area contributed by atoms with Crippen molar-refractivity contribution in [1.82, 2.24) is 0 Å². The number of aliphatic hydroxyl groups excluding tert-OH is 1. The third kappa shape index (κ3) is 74.9. The molecule has 3 unspecified atom stereocenters. The average Bonchev–Trinajstić information content (AvgIpc) is 1.04. The summed E-state index contributed by atoms with van der Waals surface area (Å²) in [7, 11) is -9.92. The minimum atomic E-state index is -4.96. The van der Waals surface area contributed by atoms with Crippen LogP contribution in [0.2, 0.25) is 0 Å². The molecule has 0 aliphatic heterocycles. The molecule has 0 aliphatic rings. The van der Waals surface area contributed by atoms with Crippen LogP contribution in [0.3, 0.4) is 0 Å². The lowest BCUT2D eigenvalue weighted by molar-refractivity contribution is -0.161. The van der Waals surface area contributed by atoms with E-state index in [0.717, 1.165) is 102 Å². The number of phosphoric ester groups is 2. The summed E-state index contributed by atoms with van der Waals surface area (Å²) in [4.78, 5) is 73.1. The van der Waals surface area contributed by atoms with Gasteiger partial charge in [0.2, 0.25) is 0 Å². The summed E-state index contributed by atoms with van der Waals surface area (Å²) >= 11 is 0. The standard InChI is InChI=1S/C83H162O17P2/c1-7-10-12-14-16-18-20-22-24-26-28-30-32-34-36-41-49-55-61-67-82(87)99-78(71-93-80(85)65-59-53-47-40-35-33-31-29-27-25-23-21-19-17-15-13-11-8-2)73-97-101(89,90)95-69-77(84)70-96-102(91,92)98-74-79(72-94-81(86)66-60-54-48-44-43-45-51-57-63-75(4)5)100-83(88)68-62-56-50-42-38-37-39-46-52-58-64-76(6)9-3/h75-79,84H,7-74H2,1-6H3,(H,89,90)(H,91,92)/t76?,77-,78-,79-/m1/s1. The van der Waals surface area contributed by atoms with Gasteiger partial charge in [-0.2, -0.15) is 0 Å². The molecule has 0 saturated heterocycles. The van der Waals surface area contributed by atoms with Gasteiger partial charge in [-0.05, 0) is 37.5 Å². The first kappa shape index (κ1) is 100. The zero-order valence-corrected chi connectivity index (χ0v) is 68.7. The van der Waals surface area contributed by atoms with Crippen LogP contribution < -0.4 is 0 Å². The van der Waals surface area contributed by atoms with Gasteiger partial charge in [0.15, 0.2) is 12.2 Å². The molecule has 0 heterocycles. The number of aliphatic hydroxyl groups is 1. The second-order valence-electron chi connectivity index (χ2n) is 30.6. The van der Waals surface area contributed by atoms with Crippen LogP contribution >= 0.6 is 15.6 Å². The number of carbonyl (C=O) groups excluding carboxylic acids is 4. The van der Waals surface area contributed by atoms with Crippen molar-refractivity contribution in [1.29, 1.82) is 0 Å². The lowest BCUT2D eigenvalue weighted by Gasteiger charge is -2.21. The molecule has 0 rings (SSSR count). The van der Waals surface area contributed by atoms with E-state index in [1.165, 1.54) is 257 Å². The Morgan fingerprint density at radius 3 is 0.745 bits per heavy atom. The van der Waals surface area contributed by atoms with Crippen molar-refractivity contribution in [3.05, 3.63) is 0 Å². The van der Waals surface area contributed by atoms with E-state index < -0.39 is 97.5 Å². The summed E-state index contributed by atoms with van der Waals surface area (Å²) in [6.07, 6.45) is 65.2. The molecule has 606 valence electrons. The van der Waals surface area contributed by atoms with E-state index in [9.17, 15) is 43.2 Å².